The Hall–Kier alpha value is -1.66. The summed E-state index contributed by atoms with van der Waals surface area (Å²) >= 11 is 1.31. The van der Waals surface area contributed by atoms with E-state index in [2.05, 4.69) is 24.1 Å². The van der Waals surface area contributed by atoms with Crippen LogP contribution in [0.5, 0.6) is 0 Å². The molecule has 1 aromatic heterocycles. The number of hydrogen-bond acceptors (Lipinski definition) is 4. The van der Waals surface area contributed by atoms with Crippen molar-refractivity contribution >= 4 is 29.3 Å². The molecule has 0 saturated carbocycles. The van der Waals surface area contributed by atoms with Crippen molar-refractivity contribution in [3.63, 3.8) is 0 Å². The molecule has 0 fully saturated rings. The van der Waals surface area contributed by atoms with Crippen molar-refractivity contribution in [2.75, 3.05) is 26.2 Å². The van der Waals surface area contributed by atoms with E-state index >= 15 is 0 Å². The highest BCUT2D eigenvalue weighted by atomic mass is 32.1. The van der Waals surface area contributed by atoms with Crippen molar-refractivity contribution < 1.29 is 14.7 Å². The molecule has 0 bridgehead atoms. The summed E-state index contributed by atoms with van der Waals surface area (Å²) in [5.41, 5.74) is 0.637. The van der Waals surface area contributed by atoms with Gasteiger partial charge in [-0.25, -0.2) is 4.79 Å². The number of aliphatic carboxylic acids is 1. The first-order chi connectivity index (χ1) is 9.58. The Morgan fingerprint density at radius 2 is 2.10 bits per heavy atom. The van der Waals surface area contributed by atoms with Gasteiger partial charge in [0.25, 0.3) is 5.91 Å². The molecular formula is C14H20N2O3S. The number of rotatable bonds is 8. The summed E-state index contributed by atoms with van der Waals surface area (Å²) in [4.78, 5) is 25.3. The third kappa shape index (κ3) is 5.14. The minimum atomic E-state index is -1.02. The second-order valence-corrected chi connectivity index (χ2v) is 5.08. The van der Waals surface area contributed by atoms with E-state index in [9.17, 15) is 9.59 Å². The van der Waals surface area contributed by atoms with Gasteiger partial charge < -0.3 is 15.3 Å². The normalized spacial score (nSPS) is 11.2. The Morgan fingerprint density at radius 1 is 1.40 bits per heavy atom. The average molecular weight is 296 g/mol. The van der Waals surface area contributed by atoms with Crippen molar-refractivity contribution in [2.24, 2.45) is 0 Å². The first-order valence-corrected chi connectivity index (χ1v) is 7.45. The van der Waals surface area contributed by atoms with Crippen molar-refractivity contribution in [2.45, 2.75) is 13.8 Å². The zero-order valence-corrected chi connectivity index (χ0v) is 12.6. The van der Waals surface area contributed by atoms with Crippen LogP contribution in [-0.2, 0) is 4.79 Å². The zero-order valence-electron chi connectivity index (χ0n) is 11.8. The summed E-state index contributed by atoms with van der Waals surface area (Å²) < 4.78 is 0. The van der Waals surface area contributed by atoms with Crippen LogP contribution in [0.25, 0.3) is 6.08 Å². The Labute approximate surface area is 122 Å². The lowest BCUT2D eigenvalue weighted by molar-refractivity contribution is -0.131. The number of carbonyl (C=O) groups is 2. The van der Waals surface area contributed by atoms with Gasteiger partial charge in [-0.15, -0.1) is 11.3 Å². The highest BCUT2D eigenvalue weighted by molar-refractivity contribution is 7.12. The molecule has 0 unspecified atom stereocenters. The van der Waals surface area contributed by atoms with E-state index in [1.54, 1.807) is 11.4 Å². The number of nitrogens with zero attached hydrogens (tertiary/aromatic N) is 1. The molecule has 0 aromatic carbocycles. The van der Waals surface area contributed by atoms with Gasteiger partial charge in [0.05, 0.1) is 4.88 Å². The standard InChI is InChI=1S/C14H20N2O3S/c1-3-16(4-2)9-8-15-14(19)13-11(7-10-20-13)5-6-12(17)18/h5-7,10H,3-4,8-9H2,1-2H3,(H,15,19)(H,17,18). The number of likely N-dealkylation sites (N-methyl/N-ethyl adjacent to an activating group) is 1. The SMILES string of the molecule is CCN(CC)CCNC(=O)c1sccc1C=CC(=O)O. The molecule has 1 aromatic rings. The molecule has 0 spiro atoms. The monoisotopic (exact) mass is 296 g/mol. The molecule has 2 N–H and O–H groups in total. The number of hydrogen-bond donors (Lipinski definition) is 2. The first kappa shape index (κ1) is 16.4. The molecule has 0 atom stereocenters. The quantitative estimate of drug-likeness (QED) is 0.719. The van der Waals surface area contributed by atoms with Gasteiger partial charge in [0.2, 0.25) is 0 Å². The highest BCUT2D eigenvalue weighted by Crippen LogP contribution is 2.18. The third-order valence-corrected chi connectivity index (χ3v) is 3.84. The maximum Gasteiger partial charge on any atom is 0.328 e. The highest BCUT2D eigenvalue weighted by Gasteiger charge is 2.11. The molecule has 1 amide bonds. The van der Waals surface area contributed by atoms with Gasteiger partial charge in [0.1, 0.15) is 0 Å². The number of carboxylic acids is 1. The predicted molar refractivity (Wildman–Crippen MR) is 81.1 cm³/mol. The van der Waals surface area contributed by atoms with E-state index < -0.39 is 5.97 Å². The lowest BCUT2D eigenvalue weighted by Crippen LogP contribution is -2.34. The van der Waals surface area contributed by atoms with Crippen LogP contribution in [0.1, 0.15) is 29.1 Å². The minimum Gasteiger partial charge on any atom is -0.478 e. The molecule has 6 heteroatoms. The summed E-state index contributed by atoms with van der Waals surface area (Å²) in [7, 11) is 0. The van der Waals surface area contributed by atoms with Crippen LogP contribution in [0, 0.1) is 0 Å². The predicted octanol–water partition coefficient (Wildman–Crippen LogP) is 1.92. The molecule has 0 saturated heterocycles. The fraction of sp³-hybridized carbons (Fsp3) is 0.429. The molecule has 0 radical (unpaired) electrons. The summed E-state index contributed by atoms with van der Waals surface area (Å²) in [6.07, 6.45) is 2.48. The molecule has 5 nitrogen and oxygen atoms in total. The molecule has 0 aliphatic rings. The van der Waals surface area contributed by atoms with E-state index in [1.165, 1.54) is 17.4 Å². The van der Waals surface area contributed by atoms with Gasteiger partial charge >= 0.3 is 5.97 Å². The summed E-state index contributed by atoms with van der Waals surface area (Å²) in [5.74, 6) is -1.18. The van der Waals surface area contributed by atoms with Gasteiger partial charge in [0, 0.05) is 19.2 Å². The molecule has 0 aliphatic heterocycles. The van der Waals surface area contributed by atoms with E-state index in [4.69, 9.17) is 5.11 Å². The third-order valence-electron chi connectivity index (χ3n) is 2.92. The molecule has 110 valence electrons. The van der Waals surface area contributed by atoms with E-state index in [1.807, 2.05) is 0 Å². The van der Waals surface area contributed by atoms with E-state index in [0.29, 0.717) is 17.0 Å². The maximum absolute atomic E-state index is 12.0. The van der Waals surface area contributed by atoms with Crippen molar-refractivity contribution in [3.05, 3.63) is 28.0 Å². The van der Waals surface area contributed by atoms with Crippen molar-refractivity contribution in [1.82, 2.24) is 10.2 Å². The molecular weight excluding hydrogens is 276 g/mol. The van der Waals surface area contributed by atoms with Gasteiger partial charge in [0.15, 0.2) is 0 Å². The minimum absolute atomic E-state index is 0.155. The fourth-order valence-electron chi connectivity index (χ4n) is 1.74. The zero-order chi connectivity index (χ0) is 15.0. The summed E-state index contributed by atoms with van der Waals surface area (Å²) in [6, 6.07) is 1.74. The van der Waals surface area contributed by atoms with Crippen molar-refractivity contribution in [1.29, 1.82) is 0 Å². The van der Waals surface area contributed by atoms with Crippen LogP contribution in [0.15, 0.2) is 17.5 Å². The number of carboxylic acid groups (broad SMARTS) is 1. The lowest BCUT2D eigenvalue weighted by Gasteiger charge is -2.17. The summed E-state index contributed by atoms with van der Waals surface area (Å²) in [5, 5.41) is 13.2. The molecule has 20 heavy (non-hydrogen) atoms. The van der Waals surface area contributed by atoms with Crippen LogP contribution in [0.2, 0.25) is 0 Å². The average Bonchev–Trinajstić information content (AvgIpc) is 2.89. The van der Waals surface area contributed by atoms with Crippen LogP contribution in [0.3, 0.4) is 0 Å². The van der Waals surface area contributed by atoms with Gasteiger partial charge in [-0.2, -0.15) is 0 Å². The van der Waals surface area contributed by atoms with Crippen LogP contribution in [0.4, 0.5) is 0 Å². The Bertz CT molecular complexity index is 479. The number of amides is 1. The number of nitrogens with one attached hydrogen (secondary N) is 1. The smallest absolute Gasteiger partial charge is 0.328 e. The van der Waals surface area contributed by atoms with Crippen LogP contribution < -0.4 is 5.32 Å². The van der Waals surface area contributed by atoms with Crippen LogP contribution >= 0.6 is 11.3 Å². The van der Waals surface area contributed by atoms with E-state index in [-0.39, 0.29) is 5.91 Å². The number of carbonyl (C=O) groups excluding carboxylic acids is 1. The second kappa shape index (κ2) is 8.50. The largest absolute Gasteiger partial charge is 0.478 e. The Balaban J connectivity index is 2.56. The Morgan fingerprint density at radius 3 is 2.70 bits per heavy atom. The van der Waals surface area contributed by atoms with Gasteiger partial charge in [-0.3, -0.25) is 4.79 Å². The van der Waals surface area contributed by atoms with Gasteiger partial charge in [-0.1, -0.05) is 13.8 Å². The van der Waals surface area contributed by atoms with Crippen molar-refractivity contribution in [3.8, 4) is 0 Å². The maximum atomic E-state index is 12.0. The van der Waals surface area contributed by atoms with E-state index in [0.717, 1.165) is 25.7 Å². The molecule has 0 aliphatic carbocycles. The second-order valence-electron chi connectivity index (χ2n) is 4.16. The Kier molecular flexibility index (Phi) is 6.97. The first-order valence-electron chi connectivity index (χ1n) is 6.57. The summed E-state index contributed by atoms with van der Waals surface area (Å²) in [6.45, 7) is 7.47. The number of thiophene rings is 1. The van der Waals surface area contributed by atoms with Crippen LogP contribution in [-0.4, -0.2) is 48.1 Å². The fourth-order valence-corrected chi connectivity index (χ4v) is 2.55. The topological polar surface area (TPSA) is 69.6 Å². The van der Waals surface area contributed by atoms with Gasteiger partial charge in [-0.05, 0) is 36.2 Å². The molecule has 1 heterocycles. The lowest BCUT2D eigenvalue weighted by atomic mass is 10.2. The molecule has 1 rings (SSSR count).